The molecule has 0 aliphatic heterocycles. The molecule has 0 fully saturated rings. The van der Waals surface area contributed by atoms with Crippen LogP contribution in [0.4, 0.5) is 0 Å². The van der Waals surface area contributed by atoms with E-state index < -0.39 is 11.9 Å². The Balaban J connectivity index is 2.00. The van der Waals surface area contributed by atoms with Crippen molar-refractivity contribution in [3.8, 4) is 11.3 Å². The molecule has 2 rings (SSSR count). The number of carboxylic acid groups (broad SMARTS) is 1. The van der Waals surface area contributed by atoms with Crippen LogP contribution in [0.15, 0.2) is 45.3 Å². The molecule has 0 aliphatic carbocycles. The summed E-state index contributed by atoms with van der Waals surface area (Å²) in [6, 6.07) is 11.8. The number of rotatable bonds is 6. The van der Waals surface area contributed by atoms with E-state index in [4.69, 9.17) is 9.52 Å². The van der Waals surface area contributed by atoms with E-state index in [9.17, 15) is 4.79 Å². The molecule has 5 heteroatoms. The van der Waals surface area contributed by atoms with Crippen LogP contribution < -0.4 is 0 Å². The Labute approximate surface area is 132 Å². The second kappa shape index (κ2) is 6.91. The van der Waals surface area contributed by atoms with Crippen LogP contribution in [0.5, 0.6) is 0 Å². The lowest BCUT2D eigenvalue weighted by atomic mass is 10.2. The average molecular weight is 352 g/mol. The number of halogens is 1. The maximum atomic E-state index is 10.8. The molecular weight excluding hydrogens is 334 g/mol. The van der Waals surface area contributed by atoms with Gasteiger partial charge in [-0.25, -0.2) is 0 Å². The van der Waals surface area contributed by atoms with Crippen LogP contribution in [0.2, 0.25) is 0 Å². The summed E-state index contributed by atoms with van der Waals surface area (Å²) in [7, 11) is 1.89. The predicted molar refractivity (Wildman–Crippen MR) is 85.0 cm³/mol. The molecule has 21 heavy (non-hydrogen) atoms. The van der Waals surface area contributed by atoms with Gasteiger partial charge in [0, 0.05) is 16.6 Å². The standard InChI is InChI=1S/C16H18BrNO3/c1-11(16(19)20)9-18(2)10-14-7-8-15(21-14)12-3-5-13(17)6-4-12/h3-8,11H,9-10H2,1-2H3,(H,19,20). The van der Waals surface area contributed by atoms with Crippen LogP contribution in [0.3, 0.4) is 0 Å². The molecule has 1 unspecified atom stereocenters. The number of carboxylic acids is 1. The van der Waals surface area contributed by atoms with E-state index in [2.05, 4.69) is 15.9 Å². The van der Waals surface area contributed by atoms with Crippen molar-refractivity contribution in [3.63, 3.8) is 0 Å². The number of hydrogen-bond donors (Lipinski definition) is 1. The van der Waals surface area contributed by atoms with Gasteiger partial charge in [0.15, 0.2) is 0 Å². The molecule has 0 radical (unpaired) electrons. The normalized spacial score (nSPS) is 12.6. The van der Waals surface area contributed by atoms with Gasteiger partial charge in [-0.3, -0.25) is 9.69 Å². The number of furan rings is 1. The van der Waals surface area contributed by atoms with Gasteiger partial charge >= 0.3 is 5.97 Å². The zero-order valence-corrected chi connectivity index (χ0v) is 13.6. The highest BCUT2D eigenvalue weighted by Crippen LogP contribution is 2.24. The van der Waals surface area contributed by atoms with Crippen LogP contribution in [-0.2, 0) is 11.3 Å². The molecule has 1 N–H and O–H groups in total. The Hall–Kier alpha value is -1.59. The monoisotopic (exact) mass is 351 g/mol. The van der Waals surface area contributed by atoms with E-state index >= 15 is 0 Å². The zero-order valence-electron chi connectivity index (χ0n) is 12.0. The number of hydrogen-bond acceptors (Lipinski definition) is 3. The van der Waals surface area contributed by atoms with Crippen molar-refractivity contribution in [1.82, 2.24) is 4.90 Å². The molecule has 112 valence electrons. The van der Waals surface area contributed by atoms with Crippen LogP contribution in [-0.4, -0.2) is 29.6 Å². The Bertz CT molecular complexity index is 606. The number of benzene rings is 1. The molecule has 4 nitrogen and oxygen atoms in total. The molecule has 0 amide bonds. The second-order valence-corrected chi connectivity index (χ2v) is 6.12. The molecule has 0 aliphatic rings. The SMILES string of the molecule is CC(CN(C)Cc1ccc(-c2ccc(Br)cc2)o1)C(=O)O. The molecule has 1 atom stereocenters. The highest BCUT2D eigenvalue weighted by Gasteiger charge is 2.15. The first-order chi connectivity index (χ1) is 9.95. The number of aliphatic carboxylic acids is 1. The van der Waals surface area contributed by atoms with E-state index in [1.54, 1.807) is 6.92 Å². The smallest absolute Gasteiger partial charge is 0.307 e. The first kappa shape index (κ1) is 15.8. The lowest BCUT2D eigenvalue weighted by molar-refractivity contribution is -0.141. The summed E-state index contributed by atoms with van der Waals surface area (Å²) in [5.74, 6) is 0.470. The Morgan fingerprint density at radius 3 is 2.57 bits per heavy atom. The lowest BCUT2D eigenvalue weighted by Crippen LogP contribution is -2.28. The van der Waals surface area contributed by atoms with Gasteiger partial charge in [-0.05, 0) is 31.3 Å². The molecular formula is C16H18BrNO3. The van der Waals surface area contributed by atoms with Crippen LogP contribution in [0.1, 0.15) is 12.7 Å². The van der Waals surface area contributed by atoms with Crippen molar-refractivity contribution in [3.05, 3.63) is 46.6 Å². The van der Waals surface area contributed by atoms with Crippen molar-refractivity contribution in [2.45, 2.75) is 13.5 Å². The lowest BCUT2D eigenvalue weighted by Gasteiger charge is -2.17. The van der Waals surface area contributed by atoms with Gasteiger partial charge in [-0.2, -0.15) is 0 Å². The summed E-state index contributed by atoms with van der Waals surface area (Å²) >= 11 is 3.41. The van der Waals surface area contributed by atoms with E-state index in [-0.39, 0.29) is 0 Å². The van der Waals surface area contributed by atoms with Crippen molar-refractivity contribution in [2.24, 2.45) is 5.92 Å². The molecule has 0 saturated carbocycles. The van der Waals surface area contributed by atoms with E-state index in [0.717, 1.165) is 21.6 Å². The van der Waals surface area contributed by atoms with Crippen LogP contribution in [0.25, 0.3) is 11.3 Å². The minimum Gasteiger partial charge on any atom is -0.481 e. The van der Waals surface area contributed by atoms with Gasteiger partial charge < -0.3 is 9.52 Å². The first-order valence-electron chi connectivity index (χ1n) is 6.71. The summed E-state index contributed by atoms with van der Waals surface area (Å²) in [5, 5.41) is 8.92. The Morgan fingerprint density at radius 1 is 1.29 bits per heavy atom. The first-order valence-corrected chi connectivity index (χ1v) is 7.51. The fourth-order valence-corrected chi connectivity index (χ4v) is 2.37. The minimum atomic E-state index is -0.781. The molecule has 0 saturated heterocycles. The van der Waals surface area contributed by atoms with Gasteiger partial charge in [0.05, 0.1) is 12.5 Å². The van der Waals surface area contributed by atoms with Crippen molar-refractivity contribution in [1.29, 1.82) is 0 Å². The van der Waals surface area contributed by atoms with Gasteiger partial charge in [0.1, 0.15) is 11.5 Å². The van der Waals surface area contributed by atoms with Crippen LogP contribution >= 0.6 is 15.9 Å². The maximum absolute atomic E-state index is 10.8. The predicted octanol–water partition coefficient (Wildman–Crippen LogP) is 3.86. The minimum absolute atomic E-state index is 0.393. The molecule has 2 aromatic rings. The van der Waals surface area contributed by atoms with Gasteiger partial charge in [0.25, 0.3) is 0 Å². The zero-order chi connectivity index (χ0) is 15.4. The number of carbonyl (C=O) groups is 1. The summed E-state index contributed by atoms with van der Waals surface area (Å²) in [6.45, 7) is 2.78. The van der Waals surface area contributed by atoms with Gasteiger partial charge in [-0.15, -0.1) is 0 Å². The summed E-state index contributed by atoms with van der Waals surface area (Å²) < 4.78 is 6.85. The third-order valence-corrected chi connectivity index (χ3v) is 3.75. The fraction of sp³-hybridized carbons (Fsp3) is 0.312. The van der Waals surface area contributed by atoms with E-state index in [1.165, 1.54) is 0 Å². The molecule has 1 aromatic carbocycles. The molecule has 1 aromatic heterocycles. The highest BCUT2D eigenvalue weighted by molar-refractivity contribution is 9.10. The molecule has 0 spiro atoms. The molecule has 0 bridgehead atoms. The topological polar surface area (TPSA) is 53.7 Å². The number of nitrogens with zero attached hydrogens (tertiary/aromatic N) is 1. The Kier molecular flexibility index (Phi) is 5.20. The van der Waals surface area contributed by atoms with Crippen molar-refractivity contribution < 1.29 is 14.3 Å². The maximum Gasteiger partial charge on any atom is 0.307 e. The van der Waals surface area contributed by atoms with Crippen molar-refractivity contribution >= 4 is 21.9 Å². The largest absolute Gasteiger partial charge is 0.481 e. The van der Waals surface area contributed by atoms with Crippen molar-refractivity contribution in [2.75, 3.05) is 13.6 Å². The van der Waals surface area contributed by atoms with E-state index in [0.29, 0.717) is 13.1 Å². The summed E-state index contributed by atoms with van der Waals surface area (Å²) in [5.41, 5.74) is 1.02. The fourth-order valence-electron chi connectivity index (χ4n) is 2.11. The van der Waals surface area contributed by atoms with Crippen LogP contribution in [0, 0.1) is 5.92 Å². The summed E-state index contributed by atoms with van der Waals surface area (Å²) in [4.78, 5) is 12.8. The quantitative estimate of drug-likeness (QED) is 0.858. The third kappa shape index (κ3) is 4.44. The third-order valence-electron chi connectivity index (χ3n) is 3.22. The van der Waals surface area contributed by atoms with E-state index in [1.807, 2.05) is 48.3 Å². The average Bonchev–Trinajstić information content (AvgIpc) is 2.87. The van der Waals surface area contributed by atoms with Gasteiger partial charge in [0.2, 0.25) is 0 Å². The molecule has 1 heterocycles. The summed E-state index contributed by atoms with van der Waals surface area (Å²) in [6.07, 6.45) is 0. The van der Waals surface area contributed by atoms with Gasteiger partial charge in [-0.1, -0.05) is 35.0 Å². The second-order valence-electron chi connectivity index (χ2n) is 5.21. The highest BCUT2D eigenvalue weighted by atomic mass is 79.9. The Morgan fingerprint density at radius 2 is 1.95 bits per heavy atom.